The highest BCUT2D eigenvalue weighted by Gasteiger charge is 2.33. The fourth-order valence-corrected chi connectivity index (χ4v) is 3.00. The number of benzene rings is 1. The van der Waals surface area contributed by atoms with E-state index in [1.165, 1.54) is 11.1 Å². The van der Waals surface area contributed by atoms with Crippen LogP contribution in [0.2, 0.25) is 0 Å². The van der Waals surface area contributed by atoms with Gasteiger partial charge in [0.15, 0.2) is 0 Å². The predicted octanol–water partition coefficient (Wildman–Crippen LogP) is 1.52. The molecule has 0 amide bonds. The molecule has 1 fully saturated rings. The number of nitrogens with one attached hydrogen (secondary N) is 1. The van der Waals surface area contributed by atoms with Gasteiger partial charge in [-0.2, -0.15) is 5.10 Å². The number of morpholine rings is 1. The minimum absolute atomic E-state index is 0. The molecule has 1 aromatic carbocycles. The van der Waals surface area contributed by atoms with Crippen molar-refractivity contribution in [3.8, 4) is 0 Å². The third-order valence-electron chi connectivity index (χ3n) is 3.87. The van der Waals surface area contributed by atoms with Crippen molar-refractivity contribution >= 4 is 23.3 Å². The van der Waals surface area contributed by atoms with Crippen LogP contribution in [0.3, 0.4) is 0 Å². The predicted molar refractivity (Wildman–Crippen MR) is 78.3 cm³/mol. The van der Waals surface area contributed by atoms with E-state index in [0.29, 0.717) is 13.2 Å². The van der Waals surface area contributed by atoms with Crippen LogP contribution < -0.4 is 5.32 Å². The van der Waals surface area contributed by atoms with Crippen LogP contribution in [0.1, 0.15) is 11.8 Å². The van der Waals surface area contributed by atoms with E-state index < -0.39 is 0 Å². The zero-order chi connectivity index (χ0) is 12.7. The third-order valence-corrected chi connectivity index (χ3v) is 3.87. The van der Waals surface area contributed by atoms with Gasteiger partial charge in [0.2, 0.25) is 0 Å². The number of hydrogen-bond donors (Lipinski definition) is 1. The Morgan fingerprint density at radius 3 is 3.00 bits per heavy atom. The van der Waals surface area contributed by atoms with E-state index in [2.05, 4.69) is 33.3 Å². The molecule has 1 unspecified atom stereocenters. The van der Waals surface area contributed by atoms with Gasteiger partial charge in [-0.3, -0.25) is 4.68 Å². The van der Waals surface area contributed by atoms with E-state index >= 15 is 0 Å². The van der Waals surface area contributed by atoms with Gasteiger partial charge in [-0.25, -0.2) is 0 Å². The van der Waals surface area contributed by atoms with E-state index in [1.54, 1.807) is 0 Å². The first kappa shape index (κ1) is 13.8. The molecule has 0 spiro atoms. The van der Waals surface area contributed by atoms with Crippen LogP contribution >= 0.6 is 12.4 Å². The maximum absolute atomic E-state index is 6.01. The van der Waals surface area contributed by atoms with Gasteiger partial charge in [-0.1, -0.05) is 18.2 Å². The SMILES string of the molecule is Cl.c1ccc2c3n(nc2c1)CCOC3[C@@H]1COCCN1. The second-order valence-corrected chi connectivity index (χ2v) is 5.05. The molecular weight excluding hydrogens is 278 g/mol. The zero-order valence-corrected chi connectivity index (χ0v) is 11.9. The molecule has 0 radical (unpaired) electrons. The van der Waals surface area contributed by atoms with Crippen molar-refractivity contribution in [3.63, 3.8) is 0 Å². The Balaban J connectivity index is 0.00000121. The van der Waals surface area contributed by atoms with Crippen LogP contribution in [0.25, 0.3) is 10.9 Å². The summed E-state index contributed by atoms with van der Waals surface area (Å²) in [5.41, 5.74) is 2.23. The molecule has 2 atom stereocenters. The van der Waals surface area contributed by atoms with Crippen molar-refractivity contribution in [3.05, 3.63) is 30.0 Å². The number of fused-ring (bicyclic) bond motifs is 3. The molecule has 5 nitrogen and oxygen atoms in total. The monoisotopic (exact) mass is 295 g/mol. The second kappa shape index (κ2) is 5.69. The van der Waals surface area contributed by atoms with Crippen molar-refractivity contribution in [2.75, 3.05) is 26.4 Å². The first-order valence-corrected chi connectivity index (χ1v) is 6.82. The number of aromatic nitrogens is 2. The molecule has 20 heavy (non-hydrogen) atoms. The number of nitrogens with zero attached hydrogens (tertiary/aromatic N) is 2. The van der Waals surface area contributed by atoms with Crippen molar-refractivity contribution in [1.29, 1.82) is 0 Å². The normalized spacial score (nSPS) is 26.0. The summed E-state index contributed by atoms with van der Waals surface area (Å²) in [6, 6.07) is 8.48. The van der Waals surface area contributed by atoms with Gasteiger partial charge < -0.3 is 14.8 Å². The fraction of sp³-hybridized carbons (Fsp3) is 0.500. The lowest BCUT2D eigenvalue weighted by Crippen LogP contribution is -2.47. The van der Waals surface area contributed by atoms with Crippen LogP contribution in [-0.4, -0.2) is 42.2 Å². The van der Waals surface area contributed by atoms with Crippen molar-refractivity contribution < 1.29 is 9.47 Å². The van der Waals surface area contributed by atoms with Gasteiger partial charge in [-0.15, -0.1) is 12.4 Å². The molecule has 6 heteroatoms. The smallest absolute Gasteiger partial charge is 0.117 e. The van der Waals surface area contributed by atoms with Gasteiger partial charge >= 0.3 is 0 Å². The Bertz CT molecular complexity index is 595. The summed E-state index contributed by atoms with van der Waals surface area (Å²) < 4.78 is 13.7. The second-order valence-electron chi connectivity index (χ2n) is 5.05. The Morgan fingerprint density at radius 1 is 1.25 bits per heavy atom. The summed E-state index contributed by atoms with van der Waals surface area (Å²) in [4.78, 5) is 0. The van der Waals surface area contributed by atoms with Gasteiger partial charge in [0.25, 0.3) is 0 Å². The first-order chi connectivity index (χ1) is 9.43. The Hall–Kier alpha value is -1.14. The Labute approximate surface area is 123 Å². The topological polar surface area (TPSA) is 48.3 Å². The van der Waals surface area contributed by atoms with Crippen LogP contribution in [0.4, 0.5) is 0 Å². The van der Waals surface area contributed by atoms with Crippen LogP contribution in [-0.2, 0) is 16.0 Å². The average molecular weight is 296 g/mol. The third kappa shape index (κ3) is 2.20. The molecule has 4 rings (SSSR count). The Kier molecular flexibility index (Phi) is 3.94. The van der Waals surface area contributed by atoms with Gasteiger partial charge in [0.1, 0.15) is 6.10 Å². The highest BCUT2D eigenvalue weighted by atomic mass is 35.5. The van der Waals surface area contributed by atoms with Crippen molar-refractivity contribution in [2.45, 2.75) is 18.7 Å². The molecule has 2 aromatic rings. The highest BCUT2D eigenvalue weighted by molar-refractivity contribution is 5.85. The molecule has 1 N–H and O–H groups in total. The zero-order valence-electron chi connectivity index (χ0n) is 11.1. The summed E-state index contributed by atoms with van der Waals surface area (Å²) in [7, 11) is 0. The van der Waals surface area contributed by atoms with E-state index in [9.17, 15) is 0 Å². The number of halogens is 1. The number of ether oxygens (including phenoxy) is 2. The minimum Gasteiger partial charge on any atom is -0.378 e. The standard InChI is InChI=1S/C14H17N3O2.ClH/c1-2-4-11-10(3-1)13-14(12-9-18-7-5-15-12)19-8-6-17(13)16-11;/h1-4,12,14-15H,5-9H2;1H/t12-,14?;/m0./s1. The minimum atomic E-state index is 0. The largest absolute Gasteiger partial charge is 0.378 e. The fourth-order valence-electron chi connectivity index (χ4n) is 3.00. The highest BCUT2D eigenvalue weighted by Crippen LogP contribution is 2.32. The van der Waals surface area contributed by atoms with Crippen molar-refractivity contribution in [2.24, 2.45) is 0 Å². The van der Waals surface area contributed by atoms with E-state index in [-0.39, 0.29) is 24.6 Å². The molecule has 0 aliphatic carbocycles. The van der Waals surface area contributed by atoms with Gasteiger partial charge in [0, 0.05) is 11.9 Å². The maximum atomic E-state index is 6.01. The molecule has 1 aromatic heterocycles. The molecule has 0 saturated carbocycles. The quantitative estimate of drug-likeness (QED) is 0.866. The van der Waals surface area contributed by atoms with E-state index in [1.807, 2.05) is 6.07 Å². The Morgan fingerprint density at radius 2 is 2.15 bits per heavy atom. The first-order valence-electron chi connectivity index (χ1n) is 6.82. The summed E-state index contributed by atoms with van der Waals surface area (Å²) >= 11 is 0. The summed E-state index contributed by atoms with van der Waals surface area (Å²) in [5.74, 6) is 0. The molecular formula is C14H18ClN3O2. The lowest BCUT2D eigenvalue weighted by molar-refractivity contribution is -0.0445. The summed E-state index contributed by atoms with van der Waals surface area (Å²) in [5, 5.41) is 9.35. The number of rotatable bonds is 1. The number of hydrogen-bond acceptors (Lipinski definition) is 4. The maximum Gasteiger partial charge on any atom is 0.117 e. The molecule has 1 saturated heterocycles. The molecule has 3 heterocycles. The van der Waals surface area contributed by atoms with Crippen LogP contribution in [0.15, 0.2) is 24.3 Å². The van der Waals surface area contributed by atoms with E-state index in [4.69, 9.17) is 9.47 Å². The van der Waals surface area contributed by atoms with Crippen LogP contribution in [0.5, 0.6) is 0 Å². The molecule has 0 bridgehead atoms. The lowest BCUT2D eigenvalue weighted by atomic mass is 10.0. The molecule has 2 aliphatic heterocycles. The van der Waals surface area contributed by atoms with E-state index in [0.717, 1.165) is 25.2 Å². The average Bonchev–Trinajstić information content (AvgIpc) is 2.86. The summed E-state index contributed by atoms with van der Waals surface area (Å²) in [6.07, 6.45) is 0.0291. The lowest BCUT2D eigenvalue weighted by Gasteiger charge is -2.34. The van der Waals surface area contributed by atoms with Gasteiger partial charge in [-0.05, 0) is 6.07 Å². The molecule has 2 aliphatic rings. The molecule has 108 valence electrons. The summed E-state index contributed by atoms with van der Waals surface area (Å²) in [6.45, 7) is 3.90. The van der Waals surface area contributed by atoms with Gasteiger partial charge in [0.05, 0.1) is 43.6 Å². The van der Waals surface area contributed by atoms with Crippen molar-refractivity contribution in [1.82, 2.24) is 15.1 Å². The van der Waals surface area contributed by atoms with Crippen LogP contribution in [0, 0.1) is 0 Å².